The molecule has 0 bridgehead atoms. The van der Waals surface area contributed by atoms with Crippen LogP contribution in [0.4, 0.5) is 0 Å². The number of unbranched alkanes of at least 4 members (excludes halogenated alkanes) is 2. The average molecular weight is 408 g/mol. The van der Waals surface area contributed by atoms with E-state index >= 15 is 0 Å². The minimum atomic E-state index is -0.206. The molecule has 0 fully saturated rings. The Balaban J connectivity index is 0.00000400. The lowest BCUT2D eigenvalue weighted by Crippen LogP contribution is -2.41. The van der Waals surface area contributed by atoms with Gasteiger partial charge in [0.2, 0.25) is 0 Å². The zero-order valence-electron chi connectivity index (χ0n) is 12.6. The highest BCUT2D eigenvalue weighted by molar-refractivity contribution is 14.0. The smallest absolute Gasteiger partial charge is 0.287 e. The number of amides is 1. The molecule has 0 aliphatic carbocycles. The van der Waals surface area contributed by atoms with Gasteiger partial charge in [-0.2, -0.15) is 0 Å². The highest BCUT2D eigenvalue weighted by atomic mass is 127. The summed E-state index contributed by atoms with van der Waals surface area (Å²) in [5, 5.41) is 9.13. The third-order valence-electron chi connectivity index (χ3n) is 2.74. The molecule has 1 aromatic rings. The van der Waals surface area contributed by atoms with Crippen molar-refractivity contribution in [2.24, 2.45) is 4.99 Å². The molecule has 3 N–H and O–H groups in total. The Morgan fingerprint density at radius 3 is 2.52 bits per heavy atom. The van der Waals surface area contributed by atoms with Gasteiger partial charge in [0.25, 0.3) is 5.91 Å². The van der Waals surface area contributed by atoms with Crippen molar-refractivity contribution in [1.82, 2.24) is 16.0 Å². The van der Waals surface area contributed by atoms with Gasteiger partial charge in [-0.15, -0.1) is 24.0 Å². The Kier molecular flexibility index (Phi) is 11.7. The second kappa shape index (κ2) is 12.5. The highest BCUT2D eigenvalue weighted by Crippen LogP contribution is 1.98. The zero-order valence-corrected chi connectivity index (χ0v) is 15.0. The number of nitrogens with one attached hydrogen (secondary N) is 3. The van der Waals surface area contributed by atoms with Crippen molar-refractivity contribution in [1.29, 1.82) is 0 Å². The molecule has 120 valence electrons. The number of guanidine groups is 1. The molecular weight excluding hydrogens is 383 g/mol. The maximum Gasteiger partial charge on any atom is 0.287 e. The van der Waals surface area contributed by atoms with Crippen molar-refractivity contribution in [3.8, 4) is 0 Å². The Labute approximate surface area is 143 Å². The maximum absolute atomic E-state index is 11.6. The van der Waals surface area contributed by atoms with Crippen molar-refractivity contribution < 1.29 is 9.21 Å². The van der Waals surface area contributed by atoms with E-state index in [1.165, 1.54) is 19.1 Å². The molecule has 1 amide bonds. The molecule has 1 heterocycles. The van der Waals surface area contributed by atoms with E-state index < -0.39 is 0 Å². The molecule has 0 aliphatic rings. The highest BCUT2D eigenvalue weighted by Gasteiger charge is 2.06. The normalized spacial score (nSPS) is 10.7. The predicted octanol–water partition coefficient (Wildman–Crippen LogP) is 1.98. The van der Waals surface area contributed by atoms with E-state index in [0.717, 1.165) is 18.9 Å². The molecule has 7 heteroatoms. The van der Waals surface area contributed by atoms with E-state index in [1.54, 1.807) is 19.2 Å². The molecule has 21 heavy (non-hydrogen) atoms. The van der Waals surface area contributed by atoms with Gasteiger partial charge < -0.3 is 20.4 Å². The van der Waals surface area contributed by atoms with Gasteiger partial charge in [0.15, 0.2) is 11.7 Å². The van der Waals surface area contributed by atoms with E-state index in [0.29, 0.717) is 18.8 Å². The van der Waals surface area contributed by atoms with Crippen LogP contribution in [0.5, 0.6) is 0 Å². The van der Waals surface area contributed by atoms with Crippen LogP contribution in [0, 0.1) is 0 Å². The van der Waals surface area contributed by atoms with Gasteiger partial charge in [0.05, 0.1) is 6.26 Å². The van der Waals surface area contributed by atoms with Gasteiger partial charge >= 0.3 is 0 Å². The maximum atomic E-state index is 11.6. The lowest BCUT2D eigenvalue weighted by molar-refractivity contribution is 0.0926. The van der Waals surface area contributed by atoms with Gasteiger partial charge in [0, 0.05) is 26.7 Å². The lowest BCUT2D eigenvalue weighted by Gasteiger charge is -2.11. The van der Waals surface area contributed by atoms with Crippen LogP contribution in [-0.2, 0) is 0 Å². The number of rotatable bonds is 8. The van der Waals surface area contributed by atoms with Crippen molar-refractivity contribution in [2.45, 2.75) is 26.2 Å². The summed E-state index contributed by atoms with van der Waals surface area (Å²) in [7, 11) is 1.73. The Bertz CT molecular complexity index is 407. The van der Waals surface area contributed by atoms with Crippen LogP contribution in [0.2, 0.25) is 0 Å². The average Bonchev–Trinajstić information content (AvgIpc) is 2.99. The van der Waals surface area contributed by atoms with E-state index in [1.807, 2.05) is 0 Å². The number of halogens is 1. The minimum Gasteiger partial charge on any atom is -0.459 e. The summed E-state index contributed by atoms with van der Waals surface area (Å²) < 4.78 is 5.00. The molecule has 0 unspecified atom stereocenters. The van der Waals surface area contributed by atoms with Crippen LogP contribution in [0.3, 0.4) is 0 Å². The number of carbonyl (C=O) groups is 1. The first-order valence-electron chi connectivity index (χ1n) is 7.04. The summed E-state index contributed by atoms with van der Waals surface area (Å²) in [5.74, 6) is 0.878. The van der Waals surface area contributed by atoms with Crippen LogP contribution >= 0.6 is 24.0 Å². The minimum absolute atomic E-state index is 0. The topological polar surface area (TPSA) is 78.7 Å². The summed E-state index contributed by atoms with van der Waals surface area (Å²) in [5.41, 5.74) is 0. The number of hydrogen-bond donors (Lipinski definition) is 3. The number of carbonyl (C=O) groups excluding carboxylic acids is 1. The van der Waals surface area contributed by atoms with Crippen molar-refractivity contribution in [2.75, 3.05) is 26.7 Å². The van der Waals surface area contributed by atoms with Gasteiger partial charge in [-0.25, -0.2) is 0 Å². The monoisotopic (exact) mass is 408 g/mol. The molecular formula is C14H25IN4O2. The van der Waals surface area contributed by atoms with Crippen molar-refractivity contribution in [3.63, 3.8) is 0 Å². The molecule has 0 atom stereocenters. The zero-order chi connectivity index (χ0) is 14.6. The third-order valence-corrected chi connectivity index (χ3v) is 2.74. The first kappa shape index (κ1) is 19.8. The summed E-state index contributed by atoms with van der Waals surface area (Å²) in [6.45, 7) is 4.20. The fourth-order valence-electron chi connectivity index (χ4n) is 1.65. The van der Waals surface area contributed by atoms with Crippen molar-refractivity contribution >= 4 is 35.8 Å². The quantitative estimate of drug-likeness (QED) is 0.266. The first-order chi connectivity index (χ1) is 9.77. The summed E-state index contributed by atoms with van der Waals surface area (Å²) in [6.07, 6.45) is 5.03. The van der Waals surface area contributed by atoms with Crippen molar-refractivity contribution in [3.05, 3.63) is 24.2 Å². The molecule has 0 aliphatic heterocycles. The number of furan rings is 1. The molecule has 0 aromatic carbocycles. The molecule has 0 radical (unpaired) electrons. The standard InChI is InChI=1S/C14H24N4O2.HI/c1-3-4-5-8-17-14(15-2)18-10-9-16-13(19)12-7-6-11-20-12;/h6-7,11H,3-5,8-10H2,1-2H3,(H,16,19)(H2,15,17,18);1H. The number of nitrogens with zero attached hydrogens (tertiary/aromatic N) is 1. The van der Waals surface area contributed by atoms with Crippen LogP contribution < -0.4 is 16.0 Å². The molecule has 1 rings (SSSR count). The Hall–Kier alpha value is -1.25. The number of hydrogen-bond acceptors (Lipinski definition) is 3. The molecule has 0 spiro atoms. The first-order valence-corrected chi connectivity index (χ1v) is 7.04. The van der Waals surface area contributed by atoms with Crippen LogP contribution in [-0.4, -0.2) is 38.5 Å². The Morgan fingerprint density at radius 2 is 1.90 bits per heavy atom. The molecule has 6 nitrogen and oxygen atoms in total. The third kappa shape index (κ3) is 8.59. The van der Waals surface area contributed by atoms with Crippen LogP contribution in [0.15, 0.2) is 27.8 Å². The second-order valence-electron chi connectivity index (χ2n) is 4.37. The summed E-state index contributed by atoms with van der Waals surface area (Å²) in [6, 6.07) is 3.33. The van der Waals surface area contributed by atoms with E-state index in [9.17, 15) is 4.79 Å². The largest absolute Gasteiger partial charge is 0.459 e. The summed E-state index contributed by atoms with van der Waals surface area (Å²) in [4.78, 5) is 15.7. The molecule has 0 saturated carbocycles. The van der Waals surface area contributed by atoms with Crippen LogP contribution in [0.1, 0.15) is 36.7 Å². The Morgan fingerprint density at radius 1 is 1.19 bits per heavy atom. The van der Waals surface area contributed by atoms with Crippen LogP contribution in [0.25, 0.3) is 0 Å². The van der Waals surface area contributed by atoms with E-state index in [4.69, 9.17) is 4.42 Å². The summed E-state index contributed by atoms with van der Waals surface area (Å²) >= 11 is 0. The van der Waals surface area contributed by atoms with Gasteiger partial charge in [-0.1, -0.05) is 19.8 Å². The molecule has 1 aromatic heterocycles. The van der Waals surface area contributed by atoms with E-state index in [2.05, 4.69) is 27.9 Å². The molecule has 0 saturated heterocycles. The van der Waals surface area contributed by atoms with Gasteiger partial charge in [-0.3, -0.25) is 9.79 Å². The van der Waals surface area contributed by atoms with Gasteiger partial charge in [-0.05, 0) is 18.6 Å². The fourth-order valence-corrected chi connectivity index (χ4v) is 1.65. The van der Waals surface area contributed by atoms with E-state index in [-0.39, 0.29) is 29.9 Å². The fraction of sp³-hybridized carbons (Fsp3) is 0.571. The SMILES string of the molecule is CCCCCNC(=NC)NCCNC(=O)c1ccco1.I. The second-order valence-corrected chi connectivity index (χ2v) is 4.37. The van der Waals surface area contributed by atoms with Gasteiger partial charge in [0.1, 0.15) is 0 Å². The lowest BCUT2D eigenvalue weighted by atomic mass is 10.2. The predicted molar refractivity (Wildman–Crippen MR) is 95.3 cm³/mol. The number of aliphatic imine (C=N–C) groups is 1.